The SMILES string of the molecule is CSc1ccc(-c2nnc(NC(=O)C3CCN(S(=O)(=O)c4cccs4)CC3)o2)cc1. The molecule has 0 unspecified atom stereocenters. The number of sulfonamides is 1. The molecule has 4 rings (SSSR count). The number of anilines is 1. The third kappa shape index (κ3) is 4.43. The first kappa shape index (κ1) is 21.0. The Labute approximate surface area is 182 Å². The van der Waals surface area contributed by atoms with Crippen LogP contribution in [0.25, 0.3) is 11.5 Å². The second-order valence-electron chi connectivity index (χ2n) is 6.74. The van der Waals surface area contributed by atoms with E-state index in [2.05, 4.69) is 15.5 Å². The number of nitrogens with one attached hydrogen (secondary N) is 1. The number of hydrogen-bond acceptors (Lipinski definition) is 8. The summed E-state index contributed by atoms with van der Waals surface area (Å²) in [4.78, 5) is 13.7. The third-order valence-electron chi connectivity index (χ3n) is 4.91. The molecule has 0 saturated carbocycles. The molecule has 0 atom stereocenters. The molecule has 3 aromatic rings. The largest absolute Gasteiger partial charge is 0.403 e. The Morgan fingerprint density at radius 3 is 2.57 bits per heavy atom. The van der Waals surface area contributed by atoms with Crippen LogP contribution in [-0.2, 0) is 14.8 Å². The van der Waals surface area contributed by atoms with E-state index in [9.17, 15) is 13.2 Å². The highest BCUT2D eigenvalue weighted by molar-refractivity contribution is 7.98. The molecule has 0 aliphatic carbocycles. The molecule has 158 valence electrons. The van der Waals surface area contributed by atoms with E-state index in [1.165, 1.54) is 15.6 Å². The van der Waals surface area contributed by atoms with E-state index >= 15 is 0 Å². The molecule has 1 amide bonds. The number of aromatic nitrogens is 2. The molecular weight excluding hydrogens is 444 g/mol. The highest BCUT2D eigenvalue weighted by Gasteiger charge is 2.33. The Bertz CT molecular complexity index is 1100. The van der Waals surface area contributed by atoms with Gasteiger partial charge >= 0.3 is 6.01 Å². The van der Waals surface area contributed by atoms with E-state index in [4.69, 9.17) is 4.42 Å². The number of rotatable bonds is 6. The Balaban J connectivity index is 1.35. The summed E-state index contributed by atoms with van der Waals surface area (Å²) in [6, 6.07) is 11.0. The maximum atomic E-state index is 12.6. The quantitative estimate of drug-likeness (QED) is 0.556. The first-order chi connectivity index (χ1) is 14.5. The van der Waals surface area contributed by atoms with Gasteiger partial charge in [0.15, 0.2) is 0 Å². The average Bonchev–Trinajstić information content (AvgIpc) is 3.47. The summed E-state index contributed by atoms with van der Waals surface area (Å²) >= 11 is 2.84. The zero-order valence-corrected chi connectivity index (χ0v) is 18.6. The van der Waals surface area contributed by atoms with Crippen molar-refractivity contribution in [2.24, 2.45) is 5.92 Å². The van der Waals surface area contributed by atoms with Gasteiger partial charge < -0.3 is 4.42 Å². The van der Waals surface area contributed by atoms with Crippen LogP contribution < -0.4 is 5.32 Å². The van der Waals surface area contributed by atoms with Gasteiger partial charge in [-0.2, -0.15) is 4.31 Å². The van der Waals surface area contributed by atoms with Crippen LogP contribution in [-0.4, -0.2) is 48.2 Å². The molecule has 11 heteroatoms. The normalized spacial score (nSPS) is 15.9. The number of benzene rings is 1. The number of carbonyl (C=O) groups excluding carboxylic acids is 1. The Kier molecular flexibility index (Phi) is 6.23. The number of piperidine rings is 1. The molecule has 2 aromatic heterocycles. The lowest BCUT2D eigenvalue weighted by Crippen LogP contribution is -2.41. The van der Waals surface area contributed by atoms with Crippen molar-refractivity contribution >= 4 is 45.0 Å². The van der Waals surface area contributed by atoms with Gasteiger partial charge in [0.2, 0.25) is 11.8 Å². The fraction of sp³-hybridized carbons (Fsp3) is 0.316. The van der Waals surface area contributed by atoms with Crippen molar-refractivity contribution in [1.82, 2.24) is 14.5 Å². The van der Waals surface area contributed by atoms with Crippen molar-refractivity contribution in [2.75, 3.05) is 24.7 Å². The lowest BCUT2D eigenvalue weighted by Gasteiger charge is -2.29. The highest BCUT2D eigenvalue weighted by atomic mass is 32.2. The van der Waals surface area contributed by atoms with Gasteiger partial charge in [-0.1, -0.05) is 11.2 Å². The predicted octanol–water partition coefficient (Wildman–Crippen LogP) is 3.56. The van der Waals surface area contributed by atoms with Crippen molar-refractivity contribution in [3.63, 3.8) is 0 Å². The van der Waals surface area contributed by atoms with Crippen molar-refractivity contribution in [3.05, 3.63) is 41.8 Å². The van der Waals surface area contributed by atoms with Crippen molar-refractivity contribution in [2.45, 2.75) is 21.9 Å². The van der Waals surface area contributed by atoms with Crippen molar-refractivity contribution in [3.8, 4) is 11.5 Å². The van der Waals surface area contributed by atoms with Crippen LogP contribution in [0.4, 0.5) is 6.01 Å². The standard InChI is InChI=1S/C19H20N4O4S3/c1-28-15-6-4-14(5-7-15)18-21-22-19(27-18)20-17(24)13-8-10-23(11-9-13)30(25,26)16-3-2-12-29-16/h2-7,12-13H,8-11H2,1H3,(H,20,22,24). The lowest BCUT2D eigenvalue weighted by atomic mass is 9.97. The maximum absolute atomic E-state index is 12.6. The van der Waals surface area contributed by atoms with Gasteiger partial charge in [0.25, 0.3) is 10.0 Å². The second-order valence-corrected chi connectivity index (χ2v) is 10.7. The summed E-state index contributed by atoms with van der Waals surface area (Å²) in [5.74, 6) is -0.220. The summed E-state index contributed by atoms with van der Waals surface area (Å²) in [5, 5.41) is 12.3. The van der Waals surface area contributed by atoms with E-state index in [0.29, 0.717) is 36.0 Å². The fourth-order valence-corrected chi connectivity index (χ4v) is 6.25. The number of carbonyl (C=O) groups is 1. The van der Waals surface area contributed by atoms with E-state index in [-0.39, 0.29) is 17.8 Å². The van der Waals surface area contributed by atoms with Crippen LogP contribution in [0.15, 0.2) is 55.3 Å². The first-order valence-electron chi connectivity index (χ1n) is 9.30. The molecule has 0 radical (unpaired) electrons. The predicted molar refractivity (Wildman–Crippen MR) is 116 cm³/mol. The minimum Gasteiger partial charge on any atom is -0.403 e. The molecule has 1 aliphatic heterocycles. The zero-order valence-electron chi connectivity index (χ0n) is 16.1. The van der Waals surface area contributed by atoms with Gasteiger partial charge in [0.05, 0.1) is 0 Å². The topological polar surface area (TPSA) is 105 Å². The third-order valence-corrected chi connectivity index (χ3v) is 8.92. The molecule has 1 aliphatic rings. The average molecular weight is 465 g/mol. The number of hydrogen-bond donors (Lipinski definition) is 1. The molecule has 30 heavy (non-hydrogen) atoms. The van der Waals surface area contributed by atoms with E-state index < -0.39 is 10.0 Å². The maximum Gasteiger partial charge on any atom is 0.322 e. The molecule has 1 fully saturated rings. The molecule has 0 spiro atoms. The van der Waals surface area contributed by atoms with Gasteiger partial charge in [0, 0.05) is 29.5 Å². The molecule has 1 aromatic carbocycles. The monoisotopic (exact) mass is 464 g/mol. The molecule has 0 bridgehead atoms. The van der Waals surface area contributed by atoms with E-state index in [0.717, 1.165) is 10.5 Å². The van der Waals surface area contributed by atoms with Gasteiger partial charge in [-0.3, -0.25) is 10.1 Å². The smallest absolute Gasteiger partial charge is 0.322 e. The molecular formula is C19H20N4O4S3. The van der Waals surface area contributed by atoms with Crippen molar-refractivity contribution < 1.29 is 17.6 Å². The zero-order chi connectivity index (χ0) is 21.1. The van der Waals surface area contributed by atoms with Crippen LogP contribution in [0.1, 0.15) is 12.8 Å². The molecule has 3 heterocycles. The number of nitrogens with zero attached hydrogens (tertiary/aromatic N) is 3. The second kappa shape index (κ2) is 8.88. The summed E-state index contributed by atoms with van der Waals surface area (Å²) in [6.45, 7) is 0.602. The van der Waals surface area contributed by atoms with Crippen LogP contribution in [0, 0.1) is 5.92 Å². The highest BCUT2D eigenvalue weighted by Crippen LogP contribution is 2.27. The Morgan fingerprint density at radius 1 is 1.20 bits per heavy atom. The summed E-state index contributed by atoms with van der Waals surface area (Å²) in [5.41, 5.74) is 0.771. The van der Waals surface area contributed by atoms with Crippen LogP contribution in [0.3, 0.4) is 0 Å². The van der Waals surface area contributed by atoms with E-state index in [1.54, 1.807) is 29.3 Å². The lowest BCUT2D eigenvalue weighted by molar-refractivity contribution is -0.121. The number of thiophene rings is 1. The van der Waals surface area contributed by atoms with E-state index in [1.807, 2.05) is 30.5 Å². The van der Waals surface area contributed by atoms with Crippen LogP contribution >= 0.6 is 23.1 Å². The first-order valence-corrected chi connectivity index (χ1v) is 12.8. The summed E-state index contributed by atoms with van der Waals surface area (Å²) < 4.78 is 32.5. The van der Waals surface area contributed by atoms with Crippen LogP contribution in [0.5, 0.6) is 0 Å². The summed E-state index contributed by atoms with van der Waals surface area (Å²) in [7, 11) is -3.48. The number of amides is 1. The van der Waals surface area contributed by atoms with Gasteiger partial charge in [-0.15, -0.1) is 28.2 Å². The Hall–Kier alpha value is -2.21. The molecule has 8 nitrogen and oxygen atoms in total. The van der Waals surface area contributed by atoms with Crippen LogP contribution in [0.2, 0.25) is 0 Å². The van der Waals surface area contributed by atoms with Gasteiger partial charge in [0.1, 0.15) is 4.21 Å². The van der Waals surface area contributed by atoms with Gasteiger partial charge in [-0.25, -0.2) is 8.42 Å². The number of thioether (sulfide) groups is 1. The molecule has 1 N–H and O–H groups in total. The van der Waals surface area contributed by atoms with Gasteiger partial charge in [-0.05, 0) is 54.8 Å². The summed E-state index contributed by atoms with van der Waals surface area (Å²) in [6.07, 6.45) is 2.87. The molecule has 1 saturated heterocycles. The minimum atomic E-state index is -3.48. The van der Waals surface area contributed by atoms with Crippen molar-refractivity contribution in [1.29, 1.82) is 0 Å². The fourth-order valence-electron chi connectivity index (χ4n) is 3.23. The minimum absolute atomic E-state index is 0.0394. The Morgan fingerprint density at radius 2 is 1.93 bits per heavy atom.